The van der Waals surface area contributed by atoms with Gasteiger partial charge in [0.05, 0.1) is 0 Å². The first kappa shape index (κ1) is 57.3. The largest absolute Gasteiger partial charge is 3.00 e. The molecule has 0 spiro atoms. The van der Waals surface area contributed by atoms with Crippen LogP contribution in [0.15, 0.2) is 12.3 Å². The molecule has 0 aliphatic rings. The van der Waals surface area contributed by atoms with Gasteiger partial charge in [0, 0.05) is 29.8 Å². The molecule has 0 saturated heterocycles. The van der Waals surface area contributed by atoms with Gasteiger partial charge in [-0.3, -0.25) is 0 Å². The second-order valence-electron chi connectivity index (χ2n) is 12.2. The maximum atomic E-state index is 9.93. The van der Waals surface area contributed by atoms with Crippen LogP contribution in [0.2, 0.25) is 0 Å². The van der Waals surface area contributed by atoms with Crippen LogP contribution in [0.4, 0.5) is 0 Å². The molecule has 283 valence electrons. The Hall–Kier alpha value is -0.0375. The van der Waals surface area contributed by atoms with Gasteiger partial charge in [-0.25, -0.2) is 0 Å². The van der Waals surface area contributed by atoms with E-state index in [1.807, 2.05) is 6.20 Å². The number of aryl methyl sites for hydroxylation is 2. The molecule has 0 fully saturated rings. The molecule has 0 bridgehead atoms. The number of carbonyl (C=O) groups excluding carboxylic acids is 3. The number of alkyl halides is 6. The fraction of sp³-hybridized carbons (Fsp3) is 0.794. The van der Waals surface area contributed by atoms with E-state index in [1.165, 1.54) is 11.3 Å². The summed E-state index contributed by atoms with van der Waals surface area (Å²) in [6, 6.07) is 2.15. The summed E-state index contributed by atoms with van der Waals surface area (Å²) in [5.41, 5.74) is 2.84. The zero-order chi connectivity index (χ0) is 37.6. The van der Waals surface area contributed by atoms with Crippen molar-refractivity contribution < 1.29 is 47.1 Å². The molecule has 1 radical (unpaired) electrons. The van der Waals surface area contributed by atoms with Crippen molar-refractivity contribution in [3.8, 4) is 0 Å². The number of rotatable bonds is 17. The molecule has 1 aromatic rings. The van der Waals surface area contributed by atoms with Gasteiger partial charge in [-0.2, -0.15) is 0 Å². The van der Waals surface area contributed by atoms with Crippen LogP contribution in [0.25, 0.3) is 0 Å². The molecule has 1 N–H and O–H groups in total. The van der Waals surface area contributed by atoms with Gasteiger partial charge < -0.3 is 34.7 Å². The van der Waals surface area contributed by atoms with Gasteiger partial charge in [0.1, 0.15) is 0 Å². The number of carboxylic acid groups (broad SMARTS) is 3. The number of nitrogens with one attached hydrogen (secondary N) is 1. The minimum atomic E-state index is -1.85. The molecule has 14 heteroatoms. The van der Waals surface area contributed by atoms with Crippen LogP contribution in [-0.4, -0.2) is 30.5 Å². The van der Waals surface area contributed by atoms with Crippen LogP contribution in [0, 0.1) is 17.8 Å². The number of hydrogen-bond acceptors (Lipinski definition) is 6. The van der Waals surface area contributed by atoms with E-state index in [1.54, 1.807) is 0 Å². The molecule has 0 atom stereocenters. The number of H-pyrrole nitrogens is 1. The van der Waals surface area contributed by atoms with Gasteiger partial charge in [-0.05, 0) is 80.8 Å². The van der Waals surface area contributed by atoms with Gasteiger partial charge in [0.25, 0.3) is 0 Å². The standard InChI is InChI=1S/C8H13N.3C8H16O2.C2Cl6.Cr/c1-3-7-5-6-9-8(7)4-2;3*1-7(2)5-3-4-6-8(9)10;3-1(4,5)2(6,7)8;/h5-6,9H,3-4H2,1-2H3;3*7H,3-6H2,1-2H3,(H,9,10);;/q;;;;;+3/p-3. The van der Waals surface area contributed by atoms with Crippen molar-refractivity contribution in [2.24, 2.45) is 17.8 Å². The zero-order valence-corrected chi connectivity index (χ0v) is 35.7. The Morgan fingerprint density at radius 2 is 0.896 bits per heavy atom. The van der Waals surface area contributed by atoms with Crippen molar-refractivity contribution >= 4 is 87.5 Å². The number of halogens is 6. The van der Waals surface area contributed by atoms with Crippen LogP contribution in [0.5, 0.6) is 0 Å². The summed E-state index contributed by atoms with van der Waals surface area (Å²) in [5, 5.41) is 29.8. The normalized spacial score (nSPS) is 10.7. The Morgan fingerprint density at radius 1 is 0.604 bits per heavy atom. The van der Waals surface area contributed by atoms with Crippen molar-refractivity contribution in [1.29, 1.82) is 0 Å². The van der Waals surface area contributed by atoms with E-state index < -0.39 is 25.5 Å². The van der Waals surface area contributed by atoms with Crippen molar-refractivity contribution in [1.82, 2.24) is 4.98 Å². The summed E-state index contributed by atoms with van der Waals surface area (Å²) in [6.45, 7) is 17.2. The number of aliphatic carboxylic acids is 3. The monoisotopic (exact) mass is 838 g/mol. The van der Waals surface area contributed by atoms with Gasteiger partial charge >= 0.3 is 17.4 Å². The third kappa shape index (κ3) is 48.1. The van der Waals surface area contributed by atoms with Crippen molar-refractivity contribution in [3.63, 3.8) is 0 Å². The Balaban J connectivity index is -0.000000160. The second-order valence-corrected chi connectivity index (χ2v) is 16.8. The fourth-order valence-corrected chi connectivity index (χ4v) is 3.56. The van der Waals surface area contributed by atoms with E-state index in [4.69, 9.17) is 69.6 Å². The smallest absolute Gasteiger partial charge is 0.550 e. The van der Waals surface area contributed by atoms with Crippen LogP contribution >= 0.6 is 69.6 Å². The Labute approximate surface area is 331 Å². The van der Waals surface area contributed by atoms with Crippen LogP contribution in [-0.2, 0) is 44.6 Å². The molecule has 0 unspecified atom stereocenters. The molecule has 0 aromatic carbocycles. The van der Waals surface area contributed by atoms with Crippen molar-refractivity contribution in [2.45, 2.75) is 153 Å². The molecule has 48 heavy (non-hydrogen) atoms. The minimum Gasteiger partial charge on any atom is -0.550 e. The minimum absolute atomic E-state index is 0. The molecule has 1 aromatic heterocycles. The Morgan fingerprint density at radius 3 is 1.06 bits per heavy atom. The summed E-state index contributed by atoms with van der Waals surface area (Å²) < 4.78 is -3.70. The maximum absolute atomic E-state index is 9.93. The van der Waals surface area contributed by atoms with Gasteiger partial charge in [-0.1, -0.05) is 164 Å². The van der Waals surface area contributed by atoms with Crippen LogP contribution in [0.3, 0.4) is 0 Å². The summed E-state index contributed by atoms with van der Waals surface area (Å²) >= 11 is 30.9. The predicted octanol–water partition coefficient (Wildman–Crippen LogP) is 8.72. The first-order chi connectivity index (χ1) is 21.5. The molecule has 7 nitrogen and oxygen atoms in total. The predicted molar refractivity (Wildman–Crippen MR) is 195 cm³/mol. The summed E-state index contributed by atoms with van der Waals surface area (Å²) in [5.74, 6) is -0.735. The number of carboxylic acids is 3. The SMILES string of the molecule is CC(C)CCCCC(=O)[O-].CC(C)CCCCC(=O)[O-].CC(C)CCCCC(=O)[O-].CCc1cc[nH]c1CC.ClC(Cl)(Cl)C(Cl)(Cl)Cl.[Cr+3]. The van der Waals surface area contributed by atoms with Crippen LogP contribution < -0.4 is 15.3 Å². The molecule has 0 aliphatic heterocycles. The van der Waals surface area contributed by atoms with E-state index in [0.29, 0.717) is 17.8 Å². The second kappa shape index (κ2) is 35.4. The van der Waals surface area contributed by atoms with Gasteiger partial charge in [0.2, 0.25) is 7.59 Å². The van der Waals surface area contributed by atoms with E-state index in [-0.39, 0.29) is 36.6 Å². The zero-order valence-electron chi connectivity index (χ0n) is 29.9. The number of carbonyl (C=O) groups is 3. The molecular weight excluding hydrogens is 783 g/mol. The summed E-state index contributed by atoms with van der Waals surface area (Å²) in [4.78, 5) is 33.0. The average Bonchev–Trinajstić information content (AvgIpc) is 3.39. The third-order valence-corrected chi connectivity index (χ3v) is 8.79. The first-order valence-electron chi connectivity index (χ1n) is 16.4. The third-order valence-electron chi connectivity index (χ3n) is 6.22. The van der Waals surface area contributed by atoms with Crippen molar-refractivity contribution in [3.05, 3.63) is 23.5 Å². The van der Waals surface area contributed by atoms with E-state index in [9.17, 15) is 29.7 Å². The number of hydrogen-bond donors (Lipinski definition) is 1. The Kier molecular flexibility index (Phi) is 42.2. The topological polar surface area (TPSA) is 136 Å². The summed E-state index contributed by atoms with van der Waals surface area (Å²) in [6.07, 6.45) is 13.6. The van der Waals surface area contributed by atoms with E-state index in [0.717, 1.165) is 70.6 Å². The number of aromatic nitrogens is 1. The first-order valence-corrected chi connectivity index (χ1v) is 18.7. The van der Waals surface area contributed by atoms with Gasteiger partial charge in [-0.15, -0.1) is 0 Å². The number of aromatic amines is 1. The van der Waals surface area contributed by atoms with E-state index >= 15 is 0 Å². The van der Waals surface area contributed by atoms with Crippen molar-refractivity contribution in [2.75, 3.05) is 0 Å². The summed E-state index contributed by atoms with van der Waals surface area (Å²) in [7, 11) is 0. The average molecular weight is 842 g/mol. The van der Waals surface area contributed by atoms with Gasteiger partial charge in [0.15, 0.2) is 0 Å². The molecule has 0 amide bonds. The molecule has 1 heterocycles. The molecular formula is C34H58Cl6CrNO6. The molecule has 1 rings (SSSR count). The van der Waals surface area contributed by atoms with E-state index in [2.05, 4.69) is 66.4 Å². The fourth-order valence-electron chi connectivity index (χ4n) is 3.56. The Bertz CT molecular complexity index is 811. The molecule has 0 aliphatic carbocycles. The maximum Gasteiger partial charge on any atom is 3.00 e. The number of unbranched alkanes of at least 4 members (excludes halogenated alkanes) is 3. The molecule has 0 saturated carbocycles. The quantitative estimate of drug-likeness (QED) is 0.123. The van der Waals surface area contributed by atoms with Crippen LogP contribution in [0.1, 0.15) is 144 Å².